The molecule has 230 valence electrons. The molecule has 0 fully saturated rings. The lowest BCUT2D eigenvalue weighted by Crippen LogP contribution is -2.35. The zero-order valence-electron chi connectivity index (χ0n) is 26.9. The fourth-order valence-corrected chi connectivity index (χ4v) is 8.44. The van der Waals surface area contributed by atoms with Crippen LogP contribution in [0.5, 0.6) is 0 Å². The van der Waals surface area contributed by atoms with Gasteiger partial charge in [-0.1, -0.05) is 158 Å². The van der Waals surface area contributed by atoms with E-state index in [0.29, 0.717) is 0 Å². The molecular weight excluding hydrogens is 593 g/mol. The quantitative estimate of drug-likeness (QED) is 0.185. The lowest BCUT2D eigenvalue weighted by Gasteiger charge is -2.36. The first-order valence-electron chi connectivity index (χ1n) is 17.0. The van der Waals surface area contributed by atoms with E-state index >= 15 is 0 Å². The number of fused-ring (bicyclic) bond motifs is 7. The molecule has 1 aromatic heterocycles. The first kappa shape index (κ1) is 27.7. The van der Waals surface area contributed by atoms with Crippen LogP contribution in [0.2, 0.25) is 0 Å². The van der Waals surface area contributed by atoms with E-state index in [1.165, 1.54) is 60.4 Å². The standard InChI is InChI=1S/C47H32N2/c1-3-18-34(19-4-1)47(42-26-12-9-23-38(42)39-24-10-13-27-43(39)47)49-45-28-14-11-25-40(45)41-31-30-36(32-46(41)49)48(35-20-5-2-6-21-35)44-29-15-17-33-16-7-8-22-37(33)44/h1-32H. The molecule has 0 aliphatic heterocycles. The monoisotopic (exact) mass is 624 g/mol. The second-order valence-corrected chi connectivity index (χ2v) is 12.9. The Morgan fingerprint density at radius 3 is 1.71 bits per heavy atom. The van der Waals surface area contributed by atoms with Crippen molar-refractivity contribution in [2.75, 3.05) is 4.90 Å². The molecule has 0 unspecified atom stereocenters. The minimum absolute atomic E-state index is 0.592. The average Bonchev–Trinajstić information content (AvgIpc) is 3.66. The number of benzene rings is 8. The highest BCUT2D eigenvalue weighted by molar-refractivity contribution is 6.11. The van der Waals surface area contributed by atoms with Crippen LogP contribution in [0.15, 0.2) is 194 Å². The molecule has 9 aromatic rings. The van der Waals surface area contributed by atoms with Crippen LogP contribution < -0.4 is 4.90 Å². The fourth-order valence-electron chi connectivity index (χ4n) is 8.44. The van der Waals surface area contributed by atoms with E-state index in [-0.39, 0.29) is 0 Å². The van der Waals surface area contributed by atoms with Gasteiger partial charge < -0.3 is 9.47 Å². The molecule has 2 nitrogen and oxygen atoms in total. The lowest BCUT2D eigenvalue weighted by atomic mass is 9.80. The summed E-state index contributed by atoms with van der Waals surface area (Å²) in [4.78, 5) is 2.41. The number of hydrogen-bond donors (Lipinski definition) is 0. The number of aromatic nitrogens is 1. The molecule has 0 atom stereocenters. The van der Waals surface area contributed by atoms with Crippen molar-refractivity contribution in [3.05, 3.63) is 211 Å². The highest BCUT2D eigenvalue weighted by atomic mass is 15.1. The van der Waals surface area contributed by atoms with E-state index in [1.807, 2.05) is 0 Å². The molecule has 49 heavy (non-hydrogen) atoms. The maximum Gasteiger partial charge on any atom is 0.122 e. The molecular formula is C47H32N2. The summed E-state index contributed by atoms with van der Waals surface area (Å²) in [5.74, 6) is 0. The Bertz CT molecular complexity index is 2620. The van der Waals surface area contributed by atoms with Crippen LogP contribution in [-0.4, -0.2) is 4.57 Å². The number of rotatable bonds is 5. The van der Waals surface area contributed by atoms with E-state index in [9.17, 15) is 0 Å². The predicted octanol–water partition coefficient (Wildman–Crippen LogP) is 12.2. The first-order chi connectivity index (χ1) is 24.3. The Labute approximate surface area is 285 Å². The van der Waals surface area contributed by atoms with Crippen LogP contribution in [0.4, 0.5) is 17.1 Å². The molecule has 0 amide bonds. The van der Waals surface area contributed by atoms with Gasteiger partial charge in [-0.15, -0.1) is 0 Å². The Hall–Kier alpha value is -6.38. The summed E-state index contributed by atoms with van der Waals surface area (Å²) in [7, 11) is 0. The highest BCUT2D eigenvalue weighted by Gasteiger charge is 2.47. The molecule has 10 rings (SSSR count). The van der Waals surface area contributed by atoms with Gasteiger partial charge in [0.15, 0.2) is 0 Å². The van der Waals surface area contributed by atoms with Crippen LogP contribution in [0.1, 0.15) is 16.7 Å². The van der Waals surface area contributed by atoms with Crippen LogP contribution in [0.25, 0.3) is 43.7 Å². The summed E-state index contributed by atoms with van der Waals surface area (Å²) in [5.41, 5.74) is 11.6. The van der Waals surface area contributed by atoms with Crippen molar-refractivity contribution >= 4 is 49.6 Å². The molecule has 0 spiro atoms. The van der Waals surface area contributed by atoms with Crippen LogP contribution in [0, 0.1) is 0 Å². The Kier molecular flexibility index (Phi) is 6.13. The molecule has 0 N–H and O–H groups in total. The predicted molar refractivity (Wildman–Crippen MR) is 205 cm³/mol. The van der Waals surface area contributed by atoms with Crippen molar-refractivity contribution < 1.29 is 0 Å². The lowest BCUT2D eigenvalue weighted by molar-refractivity contribution is 0.564. The third kappa shape index (κ3) is 3.95. The van der Waals surface area contributed by atoms with Gasteiger partial charge in [0.1, 0.15) is 5.54 Å². The number of nitrogens with zero attached hydrogens (tertiary/aromatic N) is 2. The molecule has 0 saturated carbocycles. The van der Waals surface area contributed by atoms with Gasteiger partial charge in [0.2, 0.25) is 0 Å². The van der Waals surface area contributed by atoms with Crippen molar-refractivity contribution in [3.8, 4) is 11.1 Å². The maximum absolute atomic E-state index is 2.63. The number of anilines is 3. The topological polar surface area (TPSA) is 8.17 Å². The van der Waals surface area contributed by atoms with E-state index in [4.69, 9.17) is 0 Å². The van der Waals surface area contributed by atoms with Crippen LogP contribution in [-0.2, 0) is 5.54 Å². The zero-order valence-corrected chi connectivity index (χ0v) is 26.9. The molecule has 1 heterocycles. The summed E-state index contributed by atoms with van der Waals surface area (Å²) in [6, 6.07) is 71.0. The van der Waals surface area contributed by atoms with E-state index < -0.39 is 5.54 Å². The van der Waals surface area contributed by atoms with Crippen molar-refractivity contribution in [1.82, 2.24) is 4.57 Å². The summed E-state index contributed by atoms with van der Waals surface area (Å²) in [6.07, 6.45) is 0. The summed E-state index contributed by atoms with van der Waals surface area (Å²) in [6.45, 7) is 0. The second kappa shape index (κ2) is 10.8. The zero-order chi connectivity index (χ0) is 32.4. The summed E-state index contributed by atoms with van der Waals surface area (Å²) < 4.78 is 2.63. The highest BCUT2D eigenvalue weighted by Crippen LogP contribution is 2.56. The first-order valence-corrected chi connectivity index (χ1v) is 17.0. The molecule has 0 saturated heterocycles. The van der Waals surface area contributed by atoms with Gasteiger partial charge in [-0.05, 0) is 69.6 Å². The minimum atomic E-state index is -0.592. The van der Waals surface area contributed by atoms with Gasteiger partial charge in [-0.3, -0.25) is 0 Å². The van der Waals surface area contributed by atoms with Crippen molar-refractivity contribution in [3.63, 3.8) is 0 Å². The van der Waals surface area contributed by atoms with Crippen LogP contribution in [0.3, 0.4) is 0 Å². The van der Waals surface area contributed by atoms with Gasteiger partial charge in [0, 0.05) is 27.5 Å². The van der Waals surface area contributed by atoms with Crippen molar-refractivity contribution in [2.24, 2.45) is 0 Å². The average molecular weight is 625 g/mol. The maximum atomic E-state index is 2.63. The van der Waals surface area contributed by atoms with E-state index in [0.717, 1.165) is 17.1 Å². The van der Waals surface area contributed by atoms with Crippen molar-refractivity contribution in [2.45, 2.75) is 5.54 Å². The minimum Gasteiger partial charge on any atom is -0.322 e. The Balaban J connectivity index is 1.35. The normalized spacial score (nSPS) is 13.1. The second-order valence-electron chi connectivity index (χ2n) is 12.9. The SMILES string of the molecule is c1ccc(N(c2ccc3c4ccccc4n(C4(c5ccccc5)c5ccccc5-c5ccccc54)c3c2)c2cccc3ccccc23)cc1. The van der Waals surface area contributed by atoms with Gasteiger partial charge in [-0.2, -0.15) is 0 Å². The third-order valence-corrected chi connectivity index (χ3v) is 10.4. The third-order valence-electron chi connectivity index (χ3n) is 10.4. The summed E-state index contributed by atoms with van der Waals surface area (Å²) >= 11 is 0. The van der Waals surface area contributed by atoms with Gasteiger partial charge in [0.25, 0.3) is 0 Å². The van der Waals surface area contributed by atoms with Gasteiger partial charge in [0.05, 0.1) is 16.7 Å². The molecule has 0 bridgehead atoms. The molecule has 2 heteroatoms. The summed E-state index contributed by atoms with van der Waals surface area (Å²) in [5, 5.41) is 4.92. The van der Waals surface area contributed by atoms with E-state index in [2.05, 4.69) is 204 Å². The molecule has 0 radical (unpaired) electrons. The Morgan fingerprint density at radius 1 is 0.388 bits per heavy atom. The number of para-hydroxylation sites is 2. The largest absolute Gasteiger partial charge is 0.322 e. The molecule has 1 aliphatic carbocycles. The molecule has 8 aromatic carbocycles. The Morgan fingerprint density at radius 2 is 0.959 bits per heavy atom. The van der Waals surface area contributed by atoms with Gasteiger partial charge in [-0.25, -0.2) is 0 Å². The van der Waals surface area contributed by atoms with Gasteiger partial charge >= 0.3 is 0 Å². The van der Waals surface area contributed by atoms with E-state index in [1.54, 1.807) is 0 Å². The fraction of sp³-hybridized carbons (Fsp3) is 0.0213. The smallest absolute Gasteiger partial charge is 0.122 e. The number of hydrogen-bond acceptors (Lipinski definition) is 1. The molecule has 1 aliphatic rings. The van der Waals surface area contributed by atoms with Crippen molar-refractivity contribution in [1.29, 1.82) is 0 Å². The van der Waals surface area contributed by atoms with Crippen LogP contribution >= 0.6 is 0 Å².